The Morgan fingerprint density at radius 1 is 1.36 bits per heavy atom. The van der Waals surface area contributed by atoms with Gasteiger partial charge in [0.15, 0.2) is 0 Å². The van der Waals surface area contributed by atoms with Crippen molar-refractivity contribution in [2.24, 2.45) is 5.73 Å². The van der Waals surface area contributed by atoms with Gasteiger partial charge in [-0.3, -0.25) is 9.59 Å². The zero-order chi connectivity index (χ0) is 8.69. The quantitative estimate of drug-likeness (QED) is 0.440. The first-order valence-corrected chi connectivity index (χ1v) is 3.16. The summed E-state index contributed by atoms with van der Waals surface area (Å²) in [4.78, 5) is 20.7. The van der Waals surface area contributed by atoms with Crippen molar-refractivity contribution >= 4 is 11.9 Å². The van der Waals surface area contributed by atoms with Gasteiger partial charge in [-0.25, -0.2) is 0 Å². The average Bonchev–Trinajstić information content (AvgIpc) is 1.87. The highest BCUT2D eigenvalue weighted by molar-refractivity contribution is 5.70. The Kier molecular flexibility index (Phi) is 5.10. The Labute approximate surface area is 64.5 Å². The third kappa shape index (κ3) is 6.79. The van der Waals surface area contributed by atoms with E-state index in [1.165, 1.54) is 6.92 Å². The number of rotatable bonds is 4. The van der Waals surface area contributed by atoms with E-state index >= 15 is 0 Å². The molecule has 0 unspecified atom stereocenters. The fourth-order valence-corrected chi connectivity index (χ4v) is 0.368. The molecule has 0 aromatic carbocycles. The summed E-state index contributed by atoms with van der Waals surface area (Å²) in [5, 5.41) is 0. The van der Waals surface area contributed by atoms with Crippen LogP contribution in [0, 0.1) is 0 Å². The van der Waals surface area contributed by atoms with Crippen LogP contribution in [-0.4, -0.2) is 25.3 Å². The van der Waals surface area contributed by atoms with Gasteiger partial charge in [0.2, 0.25) is 6.79 Å². The van der Waals surface area contributed by atoms with E-state index in [9.17, 15) is 9.59 Å². The van der Waals surface area contributed by atoms with Gasteiger partial charge in [0, 0.05) is 13.5 Å². The maximum absolute atomic E-state index is 10.5. The van der Waals surface area contributed by atoms with Gasteiger partial charge < -0.3 is 15.2 Å². The van der Waals surface area contributed by atoms with Gasteiger partial charge in [0.25, 0.3) is 0 Å². The van der Waals surface area contributed by atoms with E-state index in [1.807, 2.05) is 0 Å². The van der Waals surface area contributed by atoms with Crippen LogP contribution in [0.2, 0.25) is 0 Å². The van der Waals surface area contributed by atoms with E-state index in [2.05, 4.69) is 9.47 Å². The molecule has 0 aromatic heterocycles. The molecular formula is C6H11NO4. The van der Waals surface area contributed by atoms with Gasteiger partial charge in [-0.05, 0) is 0 Å². The second-order valence-corrected chi connectivity index (χ2v) is 1.81. The summed E-state index contributed by atoms with van der Waals surface area (Å²) in [6.45, 7) is 1.14. The molecule has 0 spiro atoms. The predicted octanol–water partition coefficient (Wildman–Crippen LogP) is -0.601. The van der Waals surface area contributed by atoms with Gasteiger partial charge in [0.05, 0.1) is 6.42 Å². The van der Waals surface area contributed by atoms with Crippen LogP contribution in [0.1, 0.15) is 13.3 Å². The molecule has 5 nitrogen and oxygen atoms in total. The molecule has 5 heteroatoms. The largest absolute Gasteiger partial charge is 0.428 e. The highest BCUT2D eigenvalue weighted by atomic mass is 16.7. The van der Waals surface area contributed by atoms with E-state index in [-0.39, 0.29) is 19.8 Å². The smallest absolute Gasteiger partial charge is 0.309 e. The van der Waals surface area contributed by atoms with Crippen molar-refractivity contribution in [1.29, 1.82) is 0 Å². The lowest BCUT2D eigenvalue weighted by molar-refractivity contribution is -0.165. The van der Waals surface area contributed by atoms with Crippen molar-refractivity contribution in [3.05, 3.63) is 0 Å². The van der Waals surface area contributed by atoms with Crippen molar-refractivity contribution in [3.63, 3.8) is 0 Å². The summed E-state index contributed by atoms with van der Waals surface area (Å²) >= 11 is 0. The molecule has 0 saturated heterocycles. The first-order chi connectivity index (χ1) is 5.16. The second kappa shape index (κ2) is 5.67. The molecule has 0 amide bonds. The van der Waals surface area contributed by atoms with Crippen LogP contribution in [0.15, 0.2) is 0 Å². The molecule has 0 radical (unpaired) electrons. The van der Waals surface area contributed by atoms with Crippen LogP contribution in [0.4, 0.5) is 0 Å². The van der Waals surface area contributed by atoms with E-state index < -0.39 is 11.9 Å². The van der Waals surface area contributed by atoms with E-state index in [1.54, 1.807) is 0 Å². The van der Waals surface area contributed by atoms with Crippen LogP contribution in [-0.2, 0) is 19.1 Å². The molecular weight excluding hydrogens is 150 g/mol. The Hall–Kier alpha value is -1.10. The minimum atomic E-state index is -0.481. The summed E-state index contributed by atoms with van der Waals surface area (Å²) in [5.74, 6) is -0.945. The maximum Gasteiger partial charge on any atom is 0.309 e. The number of nitrogens with two attached hydrogens (primary N) is 1. The molecule has 0 atom stereocenters. The minimum Gasteiger partial charge on any atom is -0.428 e. The first kappa shape index (κ1) is 9.90. The highest BCUT2D eigenvalue weighted by Gasteiger charge is 2.00. The fraction of sp³-hybridized carbons (Fsp3) is 0.667. The molecule has 0 aliphatic carbocycles. The number of esters is 2. The summed E-state index contributed by atoms with van der Waals surface area (Å²) in [6, 6.07) is 0. The van der Waals surface area contributed by atoms with Crippen LogP contribution < -0.4 is 5.73 Å². The Balaban J connectivity index is 3.24. The van der Waals surface area contributed by atoms with Crippen molar-refractivity contribution in [2.45, 2.75) is 13.3 Å². The van der Waals surface area contributed by atoms with Crippen molar-refractivity contribution in [1.82, 2.24) is 0 Å². The lowest BCUT2D eigenvalue weighted by Gasteiger charge is -2.02. The molecule has 0 saturated carbocycles. The zero-order valence-electron chi connectivity index (χ0n) is 6.33. The van der Waals surface area contributed by atoms with E-state index in [0.29, 0.717) is 0 Å². The number of ether oxygens (including phenoxy) is 2. The molecule has 0 bridgehead atoms. The summed E-state index contributed by atoms with van der Waals surface area (Å²) in [5.41, 5.74) is 5.05. The summed E-state index contributed by atoms with van der Waals surface area (Å²) < 4.78 is 8.77. The lowest BCUT2D eigenvalue weighted by Crippen LogP contribution is -2.14. The zero-order valence-corrected chi connectivity index (χ0v) is 6.33. The molecule has 2 N–H and O–H groups in total. The van der Waals surface area contributed by atoms with Crippen LogP contribution in [0.25, 0.3) is 0 Å². The monoisotopic (exact) mass is 161 g/mol. The van der Waals surface area contributed by atoms with Gasteiger partial charge in [-0.2, -0.15) is 0 Å². The third-order valence-corrected chi connectivity index (χ3v) is 0.831. The molecule has 0 fully saturated rings. The SMILES string of the molecule is CC(=O)OCOC(=O)CCN. The standard InChI is InChI=1S/C6H11NO4/c1-5(8)10-4-11-6(9)2-3-7/h2-4,7H2,1H3. The van der Waals surface area contributed by atoms with Gasteiger partial charge in [0.1, 0.15) is 0 Å². The molecule has 64 valence electrons. The molecule has 0 aliphatic rings. The topological polar surface area (TPSA) is 78.6 Å². The Bertz CT molecular complexity index is 146. The molecule has 0 aromatic rings. The van der Waals surface area contributed by atoms with E-state index in [0.717, 1.165) is 0 Å². The molecule has 0 heterocycles. The average molecular weight is 161 g/mol. The van der Waals surface area contributed by atoms with Crippen LogP contribution in [0.3, 0.4) is 0 Å². The number of carbonyl (C=O) groups is 2. The molecule has 0 aliphatic heterocycles. The predicted molar refractivity (Wildman–Crippen MR) is 36.4 cm³/mol. The number of hydrogen-bond acceptors (Lipinski definition) is 5. The lowest BCUT2D eigenvalue weighted by atomic mass is 10.4. The normalized spacial score (nSPS) is 8.91. The number of carbonyl (C=O) groups excluding carboxylic acids is 2. The maximum atomic E-state index is 10.5. The second-order valence-electron chi connectivity index (χ2n) is 1.81. The van der Waals surface area contributed by atoms with Crippen LogP contribution >= 0.6 is 0 Å². The van der Waals surface area contributed by atoms with Gasteiger partial charge in [-0.15, -0.1) is 0 Å². The van der Waals surface area contributed by atoms with Crippen molar-refractivity contribution in [3.8, 4) is 0 Å². The van der Waals surface area contributed by atoms with Crippen LogP contribution in [0.5, 0.6) is 0 Å². The van der Waals surface area contributed by atoms with Gasteiger partial charge >= 0.3 is 11.9 Å². The van der Waals surface area contributed by atoms with E-state index in [4.69, 9.17) is 5.73 Å². The van der Waals surface area contributed by atoms with Crippen molar-refractivity contribution < 1.29 is 19.1 Å². The fourth-order valence-electron chi connectivity index (χ4n) is 0.368. The minimum absolute atomic E-state index is 0.140. The highest BCUT2D eigenvalue weighted by Crippen LogP contribution is 1.85. The summed E-state index contributed by atoms with van der Waals surface area (Å²) in [6.07, 6.45) is 0.140. The summed E-state index contributed by atoms with van der Waals surface area (Å²) in [7, 11) is 0. The molecule has 0 rings (SSSR count). The third-order valence-electron chi connectivity index (χ3n) is 0.831. The Morgan fingerprint density at radius 2 is 2.00 bits per heavy atom. The van der Waals surface area contributed by atoms with Gasteiger partial charge in [-0.1, -0.05) is 0 Å². The Morgan fingerprint density at radius 3 is 2.45 bits per heavy atom. The molecule has 11 heavy (non-hydrogen) atoms. The first-order valence-electron chi connectivity index (χ1n) is 3.16. The number of hydrogen-bond donors (Lipinski definition) is 1. The van der Waals surface area contributed by atoms with Crippen molar-refractivity contribution in [2.75, 3.05) is 13.3 Å².